The topological polar surface area (TPSA) is 292 Å². The Labute approximate surface area is 200 Å². The summed E-state index contributed by atoms with van der Waals surface area (Å²) in [6, 6.07) is 0. The molecule has 2 aromatic heterocycles. The van der Waals surface area contributed by atoms with Gasteiger partial charge >= 0.3 is 15.6 Å². The van der Waals surface area contributed by atoms with Gasteiger partial charge in [-0.25, -0.2) is 24.1 Å². The molecule has 21 heteroatoms. The number of phosphoric acid groups is 2. The molecule has 9 N–H and O–H groups in total. The Morgan fingerprint density at radius 3 is 2.06 bits per heavy atom. The van der Waals surface area contributed by atoms with E-state index in [2.05, 4.69) is 28.3 Å². The lowest BCUT2D eigenvalue weighted by atomic mass is 10.1. The van der Waals surface area contributed by atoms with Crippen molar-refractivity contribution < 1.29 is 67.3 Å². The highest BCUT2D eigenvalue weighted by atomic mass is 31.3. The predicted octanol–water partition coefficient (Wildman–Crippen LogP) is -3.28. The van der Waals surface area contributed by atoms with Crippen LogP contribution in [0.1, 0.15) is 6.23 Å². The zero-order chi connectivity index (χ0) is 26.4. The van der Waals surface area contributed by atoms with Crippen LogP contribution in [0, 0.1) is 0 Å². The summed E-state index contributed by atoms with van der Waals surface area (Å²) in [5.74, 6) is 0.0575. The van der Waals surface area contributed by atoms with E-state index in [1.807, 2.05) is 0 Å². The monoisotopic (exact) mass is 559 g/mol. The Morgan fingerprint density at radius 2 is 1.47 bits per heavy atom. The summed E-state index contributed by atoms with van der Waals surface area (Å²) in [7, 11) is -10.6. The van der Waals surface area contributed by atoms with Crippen LogP contribution >= 0.6 is 15.6 Å². The van der Waals surface area contributed by atoms with Gasteiger partial charge in [0.2, 0.25) is 0 Å². The lowest BCUT2D eigenvalue weighted by Crippen LogP contribution is -2.34. The molecule has 36 heavy (non-hydrogen) atoms. The normalized spacial score (nSPS) is 36.2. The molecule has 0 aromatic carbocycles. The van der Waals surface area contributed by atoms with Gasteiger partial charge in [-0.05, 0) is 0 Å². The summed E-state index contributed by atoms with van der Waals surface area (Å²) in [6.45, 7) is -1.79. The lowest BCUT2D eigenvalue weighted by molar-refractivity contribution is -0.132. The molecule has 202 valence electrons. The number of nitrogen functional groups attached to an aromatic ring is 1. The van der Waals surface area contributed by atoms with Crippen LogP contribution in [-0.4, -0.2) is 111 Å². The molecule has 2 unspecified atom stereocenters. The molecule has 2 fully saturated rings. The number of rotatable bonds is 9. The first kappa shape index (κ1) is 27.4. The number of aromatic nitrogens is 4. The van der Waals surface area contributed by atoms with Crippen molar-refractivity contribution >= 4 is 32.6 Å². The van der Waals surface area contributed by atoms with Crippen LogP contribution in [0.4, 0.5) is 5.82 Å². The van der Waals surface area contributed by atoms with Crippen molar-refractivity contribution in [2.24, 2.45) is 0 Å². The van der Waals surface area contributed by atoms with Crippen molar-refractivity contribution in [3.05, 3.63) is 12.7 Å². The maximum absolute atomic E-state index is 12.2. The Kier molecular flexibility index (Phi) is 7.78. The average molecular weight is 559 g/mol. The quantitative estimate of drug-likeness (QED) is 0.140. The third-order valence-corrected chi connectivity index (χ3v) is 7.95. The maximum atomic E-state index is 12.2. The number of nitrogens with two attached hydrogens (primary N) is 1. The molecule has 0 amide bonds. The Hall–Kier alpha value is -1.67. The zero-order valence-corrected chi connectivity index (χ0v) is 19.7. The van der Waals surface area contributed by atoms with E-state index in [9.17, 15) is 44.4 Å². The van der Waals surface area contributed by atoms with Gasteiger partial charge in [0, 0.05) is 0 Å². The van der Waals surface area contributed by atoms with Crippen LogP contribution in [0.3, 0.4) is 0 Å². The molecule has 2 saturated heterocycles. The van der Waals surface area contributed by atoms with Crippen molar-refractivity contribution in [1.82, 2.24) is 19.5 Å². The van der Waals surface area contributed by atoms with Crippen LogP contribution in [0.5, 0.6) is 0 Å². The summed E-state index contributed by atoms with van der Waals surface area (Å²) < 4.78 is 48.8. The molecular weight excluding hydrogens is 536 g/mol. The number of aliphatic hydroxyl groups excluding tert-OH is 5. The summed E-state index contributed by atoms with van der Waals surface area (Å²) in [6.07, 6.45) is -10.1. The molecule has 2 aliphatic rings. The van der Waals surface area contributed by atoms with Gasteiger partial charge in [-0.1, -0.05) is 0 Å². The summed E-state index contributed by atoms with van der Waals surface area (Å²) >= 11 is 0. The van der Waals surface area contributed by atoms with Crippen molar-refractivity contribution in [3.63, 3.8) is 0 Å². The van der Waals surface area contributed by atoms with Crippen LogP contribution < -0.4 is 5.73 Å². The Morgan fingerprint density at radius 1 is 0.889 bits per heavy atom. The number of hydrogen-bond acceptors (Lipinski definition) is 16. The van der Waals surface area contributed by atoms with E-state index in [1.165, 1.54) is 10.9 Å². The SMILES string of the molecule is Nc1ncnc2c1ncn2[C@@H]1O[C@H](COP(=O)(O)OP(=O)(O)OC[C@H]2O[C@@H](O)[C@H](O)[C@@H]2O)[C@@H](O)[C@H]1O. The Balaban J connectivity index is 1.34. The molecule has 0 saturated carbocycles. The summed E-state index contributed by atoms with van der Waals surface area (Å²) in [4.78, 5) is 31.3. The number of fused-ring (bicyclic) bond motifs is 1. The summed E-state index contributed by atoms with van der Waals surface area (Å²) in [5.41, 5.74) is 6.09. The highest BCUT2D eigenvalue weighted by molar-refractivity contribution is 7.61. The molecule has 0 bridgehead atoms. The first-order chi connectivity index (χ1) is 16.8. The van der Waals surface area contributed by atoms with Crippen molar-refractivity contribution in [2.45, 2.75) is 49.1 Å². The van der Waals surface area contributed by atoms with Gasteiger partial charge in [0.25, 0.3) is 0 Å². The highest BCUT2D eigenvalue weighted by Crippen LogP contribution is 2.60. The van der Waals surface area contributed by atoms with Gasteiger partial charge in [0.05, 0.1) is 19.5 Å². The van der Waals surface area contributed by atoms with E-state index < -0.39 is 78.0 Å². The molecule has 4 heterocycles. The van der Waals surface area contributed by atoms with E-state index in [0.29, 0.717) is 0 Å². The van der Waals surface area contributed by atoms with Gasteiger partial charge < -0.3 is 50.5 Å². The maximum Gasteiger partial charge on any atom is 0.481 e. The van der Waals surface area contributed by atoms with Gasteiger partial charge in [-0.15, -0.1) is 0 Å². The van der Waals surface area contributed by atoms with E-state index in [4.69, 9.17) is 15.2 Å². The number of ether oxygens (including phenoxy) is 2. The van der Waals surface area contributed by atoms with Gasteiger partial charge in [0.1, 0.15) is 48.5 Å². The average Bonchev–Trinajstić information content (AvgIpc) is 3.42. The molecule has 0 radical (unpaired) electrons. The number of imidazole rings is 1. The van der Waals surface area contributed by atoms with Crippen molar-refractivity contribution in [1.29, 1.82) is 0 Å². The fraction of sp³-hybridized carbons (Fsp3) is 0.667. The second kappa shape index (κ2) is 10.2. The minimum atomic E-state index is -5.31. The second-order valence-corrected chi connectivity index (χ2v) is 10.8. The minimum absolute atomic E-state index is 0.0575. The number of phosphoric ester groups is 2. The molecule has 0 spiro atoms. The fourth-order valence-corrected chi connectivity index (χ4v) is 5.62. The fourth-order valence-electron chi connectivity index (χ4n) is 3.53. The first-order valence-corrected chi connectivity index (χ1v) is 13.1. The van der Waals surface area contributed by atoms with Crippen LogP contribution in [0.25, 0.3) is 11.2 Å². The van der Waals surface area contributed by atoms with Crippen molar-refractivity contribution in [3.8, 4) is 0 Å². The standard InChI is InChI=1S/C15H23N5O14P2/c16-12-7-13(18-3-17-12)20(4-19-7)14-10(23)8(21)5(32-14)1-30-35(26,27)34-36(28,29)31-2-6-9(22)11(24)15(25)33-6/h3-6,8-11,14-15,21-25H,1-2H2,(H,26,27)(H,28,29)(H2,16,17,18)/t5-,6-,8-,9-,10-,11-,14-,15-/m1/s1. The van der Waals surface area contributed by atoms with Crippen molar-refractivity contribution in [2.75, 3.05) is 18.9 Å². The molecule has 19 nitrogen and oxygen atoms in total. The summed E-state index contributed by atoms with van der Waals surface area (Å²) in [5, 5.41) is 49.0. The zero-order valence-electron chi connectivity index (χ0n) is 17.9. The highest BCUT2D eigenvalue weighted by Gasteiger charge is 2.47. The number of aliphatic hydroxyl groups is 5. The molecule has 10 atom stereocenters. The van der Waals surface area contributed by atoms with E-state index >= 15 is 0 Å². The van der Waals surface area contributed by atoms with Gasteiger partial charge in [-0.3, -0.25) is 13.6 Å². The van der Waals surface area contributed by atoms with E-state index in [0.717, 1.165) is 6.33 Å². The predicted molar refractivity (Wildman–Crippen MR) is 111 cm³/mol. The van der Waals surface area contributed by atoms with Gasteiger partial charge in [0.15, 0.2) is 24.0 Å². The second-order valence-electron chi connectivity index (χ2n) is 7.79. The molecule has 4 rings (SSSR count). The van der Waals surface area contributed by atoms with E-state index in [-0.39, 0.29) is 17.0 Å². The smallest absolute Gasteiger partial charge is 0.387 e. The van der Waals surface area contributed by atoms with Crippen LogP contribution in [0.2, 0.25) is 0 Å². The number of hydrogen-bond donors (Lipinski definition) is 8. The van der Waals surface area contributed by atoms with Crippen LogP contribution in [0.15, 0.2) is 12.7 Å². The Bertz CT molecular complexity index is 1180. The third-order valence-electron chi connectivity index (χ3n) is 5.35. The molecule has 2 aliphatic heterocycles. The van der Waals surface area contributed by atoms with Crippen LogP contribution in [-0.2, 0) is 32.0 Å². The minimum Gasteiger partial charge on any atom is -0.387 e. The number of anilines is 1. The first-order valence-electron chi connectivity index (χ1n) is 10.1. The van der Waals surface area contributed by atoms with Gasteiger partial charge in [-0.2, -0.15) is 4.31 Å². The van der Waals surface area contributed by atoms with E-state index in [1.54, 1.807) is 0 Å². The third kappa shape index (κ3) is 5.59. The molecular formula is C15H23N5O14P2. The molecule has 0 aliphatic carbocycles. The largest absolute Gasteiger partial charge is 0.481 e. The number of nitrogens with zero attached hydrogens (tertiary/aromatic N) is 4. The molecule has 2 aromatic rings. The lowest BCUT2D eigenvalue weighted by Gasteiger charge is -2.20.